The minimum absolute atomic E-state index is 0.172. The number of rotatable bonds is 13. The largest absolute Gasteiger partial charge is 0.489 e. The summed E-state index contributed by atoms with van der Waals surface area (Å²) in [7, 11) is 0. The van der Waals surface area contributed by atoms with Crippen LogP contribution < -0.4 is 14.8 Å². The third kappa shape index (κ3) is 7.85. The summed E-state index contributed by atoms with van der Waals surface area (Å²) in [6.45, 7) is 4.68. The number of hydrogen-bond acceptors (Lipinski definition) is 7. The third-order valence-corrected chi connectivity index (χ3v) is 6.16. The Kier molecular flexibility index (Phi) is 10.3. The molecule has 2 aromatic carbocycles. The molecule has 1 atom stereocenters. The first kappa shape index (κ1) is 26.8. The van der Waals surface area contributed by atoms with Crippen molar-refractivity contribution in [1.82, 2.24) is 5.32 Å². The second kappa shape index (κ2) is 13.9. The van der Waals surface area contributed by atoms with Crippen LogP contribution in [-0.4, -0.2) is 25.0 Å². The number of thiophene rings is 1. The number of hydrogen-bond donors (Lipinski definition) is 1. The van der Waals surface area contributed by atoms with Crippen molar-refractivity contribution in [3.05, 3.63) is 81.5 Å². The van der Waals surface area contributed by atoms with Crippen LogP contribution in [0.4, 0.5) is 0 Å². The molecule has 0 aliphatic heterocycles. The zero-order chi connectivity index (χ0) is 25.8. The number of nitrogens with one attached hydrogen (secondary N) is 1. The maximum absolute atomic E-state index is 12.9. The van der Waals surface area contributed by atoms with Crippen molar-refractivity contribution < 1.29 is 23.8 Å². The van der Waals surface area contributed by atoms with Crippen molar-refractivity contribution in [1.29, 1.82) is 5.26 Å². The van der Waals surface area contributed by atoms with Gasteiger partial charge in [0.2, 0.25) is 0 Å². The van der Waals surface area contributed by atoms with Gasteiger partial charge in [-0.15, -0.1) is 0 Å². The highest BCUT2D eigenvalue weighted by molar-refractivity contribution is 7.07. The summed E-state index contributed by atoms with van der Waals surface area (Å²) in [4.78, 5) is 25.0. The van der Waals surface area contributed by atoms with Crippen LogP contribution in [0, 0.1) is 18.3 Å². The molecule has 1 aromatic heterocycles. The number of carbonyl (C=O) groups is 2. The van der Waals surface area contributed by atoms with Gasteiger partial charge in [0.15, 0.2) is 0 Å². The summed E-state index contributed by atoms with van der Waals surface area (Å²) in [5.74, 6) is 0.239. The molecule has 0 aliphatic carbocycles. The van der Waals surface area contributed by atoms with E-state index in [1.165, 1.54) is 0 Å². The van der Waals surface area contributed by atoms with Crippen molar-refractivity contribution in [2.45, 2.75) is 45.8 Å². The lowest BCUT2D eigenvalue weighted by Crippen LogP contribution is -2.25. The van der Waals surface area contributed by atoms with Gasteiger partial charge >= 0.3 is 5.97 Å². The normalized spacial score (nSPS) is 11.2. The molecule has 0 radical (unpaired) electrons. The number of esters is 1. The predicted octanol–water partition coefficient (Wildman–Crippen LogP) is 5.74. The van der Waals surface area contributed by atoms with Gasteiger partial charge in [-0.3, -0.25) is 9.59 Å². The molecule has 0 bridgehead atoms. The lowest BCUT2D eigenvalue weighted by Gasteiger charge is -2.23. The van der Waals surface area contributed by atoms with E-state index in [1.807, 2.05) is 54.1 Å². The van der Waals surface area contributed by atoms with Gasteiger partial charge in [-0.25, -0.2) is 0 Å². The van der Waals surface area contributed by atoms with Crippen molar-refractivity contribution >= 4 is 23.2 Å². The van der Waals surface area contributed by atoms with E-state index in [9.17, 15) is 9.59 Å². The molecule has 0 saturated carbocycles. The zero-order valence-corrected chi connectivity index (χ0v) is 21.3. The Morgan fingerprint density at radius 2 is 2.00 bits per heavy atom. The van der Waals surface area contributed by atoms with Gasteiger partial charge < -0.3 is 19.5 Å². The Morgan fingerprint density at radius 1 is 1.17 bits per heavy atom. The summed E-state index contributed by atoms with van der Waals surface area (Å²) >= 11 is 1.59. The molecule has 0 aliphatic rings. The molecule has 7 nitrogen and oxygen atoms in total. The molecule has 1 amide bonds. The van der Waals surface area contributed by atoms with Crippen molar-refractivity contribution in [3.8, 4) is 17.6 Å². The van der Waals surface area contributed by atoms with Crippen molar-refractivity contribution in [2.75, 3.05) is 13.2 Å². The second-order valence-electron chi connectivity index (χ2n) is 8.05. The van der Waals surface area contributed by atoms with Gasteiger partial charge in [0.05, 0.1) is 24.7 Å². The Balaban J connectivity index is 1.90. The molecular weight excluding hydrogens is 476 g/mol. The lowest BCUT2D eigenvalue weighted by molar-refractivity contribution is -0.143. The minimum Gasteiger partial charge on any atom is -0.489 e. The van der Waals surface area contributed by atoms with Crippen LogP contribution in [0.15, 0.2) is 59.3 Å². The summed E-state index contributed by atoms with van der Waals surface area (Å²) < 4.78 is 17.5. The summed E-state index contributed by atoms with van der Waals surface area (Å²) in [5, 5.41) is 15.6. The second-order valence-corrected chi connectivity index (χ2v) is 8.83. The molecular formula is C28H30N2O5S. The standard InChI is InChI=1S/C28H30N2O5S/c1-3-33-27(31)12-11-25(23-8-5-4-7-20(23)2)35-26-17-22(34-18-21-13-16-36-19-21)9-10-24(26)28(32)30-15-6-14-29/h4-5,7-10,13,16-17,19,25H,3,6,11-12,15,18H2,1-2H3,(H,30,32). The van der Waals surface area contributed by atoms with Gasteiger partial charge in [0, 0.05) is 19.0 Å². The molecule has 0 spiro atoms. The highest BCUT2D eigenvalue weighted by Crippen LogP contribution is 2.33. The van der Waals surface area contributed by atoms with E-state index in [-0.39, 0.29) is 31.3 Å². The van der Waals surface area contributed by atoms with Gasteiger partial charge in [0.25, 0.3) is 5.91 Å². The van der Waals surface area contributed by atoms with Crippen molar-refractivity contribution in [3.63, 3.8) is 0 Å². The Hall–Kier alpha value is -3.83. The molecule has 0 saturated heterocycles. The average Bonchev–Trinajstić information content (AvgIpc) is 3.40. The molecule has 1 N–H and O–H groups in total. The van der Waals surface area contributed by atoms with Gasteiger partial charge in [0.1, 0.15) is 24.2 Å². The fraction of sp³-hybridized carbons (Fsp3) is 0.321. The van der Waals surface area contributed by atoms with Crippen LogP contribution >= 0.6 is 11.3 Å². The molecule has 3 rings (SSSR count). The van der Waals surface area contributed by atoms with Crippen LogP contribution in [0.5, 0.6) is 11.5 Å². The van der Waals surface area contributed by atoms with Crippen LogP contribution in [0.1, 0.15) is 59.3 Å². The number of ether oxygens (including phenoxy) is 3. The molecule has 1 heterocycles. The van der Waals surface area contributed by atoms with Gasteiger partial charge in [-0.2, -0.15) is 16.6 Å². The molecule has 0 fully saturated rings. The highest BCUT2D eigenvalue weighted by Gasteiger charge is 2.22. The average molecular weight is 507 g/mol. The maximum atomic E-state index is 12.9. The first-order valence-electron chi connectivity index (χ1n) is 11.8. The topological polar surface area (TPSA) is 97.7 Å². The summed E-state index contributed by atoms with van der Waals surface area (Å²) in [5.41, 5.74) is 3.30. The van der Waals surface area contributed by atoms with E-state index >= 15 is 0 Å². The van der Waals surface area contributed by atoms with Crippen LogP contribution in [-0.2, 0) is 16.1 Å². The van der Waals surface area contributed by atoms with Crippen molar-refractivity contribution in [2.24, 2.45) is 0 Å². The first-order valence-corrected chi connectivity index (χ1v) is 12.8. The van der Waals surface area contributed by atoms with E-state index in [2.05, 4.69) is 5.32 Å². The molecule has 188 valence electrons. The first-order chi connectivity index (χ1) is 17.5. The van der Waals surface area contributed by atoms with Crippen LogP contribution in [0.25, 0.3) is 0 Å². The quantitative estimate of drug-likeness (QED) is 0.234. The smallest absolute Gasteiger partial charge is 0.305 e. The van der Waals surface area contributed by atoms with Gasteiger partial charge in [-0.05, 0) is 65.9 Å². The molecule has 1 unspecified atom stereocenters. The monoisotopic (exact) mass is 506 g/mol. The number of nitriles is 1. The fourth-order valence-electron chi connectivity index (χ4n) is 3.61. The Morgan fingerprint density at radius 3 is 2.72 bits per heavy atom. The molecule has 3 aromatic rings. The zero-order valence-electron chi connectivity index (χ0n) is 20.5. The van der Waals surface area contributed by atoms with E-state index in [0.717, 1.165) is 16.7 Å². The lowest BCUT2D eigenvalue weighted by atomic mass is 9.99. The van der Waals surface area contributed by atoms with E-state index in [1.54, 1.807) is 36.5 Å². The Bertz CT molecular complexity index is 1190. The predicted molar refractivity (Wildman–Crippen MR) is 138 cm³/mol. The Labute approximate surface area is 215 Å². The minimum atomic E-state index is -0.492. The third-order valence-electron chi connectivity index (χ3n) is 5.43. The van der Waals surface area contributed by atoms with E-state index in [4.69, 9.17) is 19.5 Å². The SMILES string of the molecule is CCOC(=O)CCC(Oc1cc(OCc2ccsc2)ccc1C(=O)NCCC#N)c1ccccc1C. The van der Waals surface area contributed by atoms with Crippen LogP contribution in [0.3, 0.4) is 0 Å². The fourth-order valence-corrected chi connectivity index (χ4v) is 4.26. The summed E-state index contributed by atoms with van der Waals surface area (Å²) in [6, 6.07) is 16.9. The number of benzene rings is 2. The maximum Gasteiger partial charge on any atom is 0.305 e. The van der Waals surface area contributed by atoms with Crippen LogP contribution in [0.2, 0.25) is 0 Å². The van der Waals surface area contributed by atoms with E-state index in [0.29, 0.717) is 36.7 Å². The number of amides is 1. The van der Waals surface area contributed by atoms with Gasteiger partial charge in [-0.1, -0.05) is 24.3 Å². The number of nitrogens with zero attached hydrogens (tertiary/aromatic N) is 1. The highest BCUT2D eigenvalue weighted by atomic mass is 32.1. The molecule has 8 heteroatoms. The number of aryl methyl sites for hydroxylation is 1. The van der Waals surface area contributed by atoms with E-state index < -0.39 is 6.10 Å². The number of carbonyl (C=O) groups excluding carboxylic acids is 2. The summed E-state index contributed by atoms with van der Waals surface area (Å²) in [6.07, 6.45) is 0.257. The molecule has 36 heavy (non-hydrogen) atoms.